The number of hydrogen-bond donors (Lipinski definition) is 0. The zero-order valence-electron chi connectivity index (χ0n) is 10.5. The molecule has 0 bridgehead atoms. The fourth-order valence-corrected chi connectivity index (χ4v) is 4.93. The Balaban J connectivity index is 2.19. The monoisotopic (exact) mass is 256 g/mol. The van der Waals surface area contributed by atoms with Crippen LogP contribution in [0.5, 0.6) is 0 Å². The smallest absolute Gasteiger partial charge is 0.151 e. The molecule has 2 fully saturated rings. The van der Waals surface area contributed by atoms with E-state index in [4.69, 9.17) is 0 Å². The van der Waals surface area contributed by atoms with Crippen LogP contribution < -0.4 is 0 Å². The average molecular weight is 256 g/mol. The first-order valence-electron chi connectivity index (χ1n) is 6.23. The van der Waals surface area contributed by atoms with E-state index in [0.29, 0.717) is 5.75 Å². The minimum absolute atomic E-state index is 0.0135. The molecule has 0 N–H and O–H groups in total. The SMILES string of the molecule is CC1(C)C(C#N)CCCN1C1CCS(=O)(=O)C1. The fourth-order valence-electron chi connectivity index (χ4n) is 3.20. The van der Waals surface area contributed by atoms with Crippen LogP contribution in [0.1, 0.15) is 33.1 Å². The van der Waals surface area contributed by atoms with Gasteiger partial charge in [-0.15, -0.1) is 0 Å². The van der Waals surface area contributed by atoms with Crippen molar-refractivity contribution < 1.29 is 8.42 Å². The van der Waals surface area contributed by atoms with Gasteiger partial charge in [-0.3, -0.25) is 4.90 Å². The van der Waals surface area contributed by atoms with Gasteiger partial charge >= 0.3 is 0 Å². The first-order chi connectivity index (χ1) is 7.87. The van der Waals surface area contributed by atoms with Crippen molar-refractivity contribution in [1.29, 1.82) is 5.26 Å². The minimum atomic E-state index is -2.84. The summed E-state index contributed by atoms with van der Waals surface area (Å²) in [5.41, 5.74) is -0.197. The molecule has 0 spiro atoms. The molecule has 0 aromatic rings. The summed E-state index contributed by atoms with van der Waals surface area (Å²) in [6.07, 6.45) is 2.65. The van der Waals surface area contributed by atoms with Gasteiger partial charge in [0.1, 0.15) is 0 Å². The normalized spacial score (nSPS) is 36.5. The number of sulfone groups is 1. The molecule has 0 amide bonds. The van der Waals surface area contributed by atoms with Crippen molar-refractivity contribution >= 4 is 9.84 Å². The standard InChI is InChI=1S/C12H20N2O2S/c1-12(2)10(8-13)4-3-6-14(12)11-5-7-17(15,16)9-11/h10-11H,3-7,9H2,1-2H3. The van der Waals surface area contributed by atoms with Gasteiger partial charge < -0.3 is 0 Å². The maximum atomic E-state index is 11.6. The first kappa shape index (κ1) is 12.8. The molecule has 2 unspecified atom stereocenters. The van der Waals surface area contributed by atoms with E-state index in [9.17, 15) is 13.7 Å². The lowest BCUT2D eigenvalue weighted by Gasteiger charge is -2.48. The molecule has 0 saturated carbocycles. The average Bonchev–Trinajstić information content (AvgIpc) is 2.57. The molecule has 2 rings (SSSR count). The van der Waals surface area contributed by atoms with Gasteiger partial charge in [0, 0.05) is 11.6 Å². The number of nitrogens with zero attached hydrogens (tertiary/aromatic N) is 2. The summed E-state index contributed by atoms with van der Waals surface area (Å²) in [5.74, 6) is 0.593. The number of hydrogen-bond acceptors (Lipinski definition) is 4. The Morgan fingerprint density at radius 1 is 1.35 bits per heavy atom. The van der Waals surface area contributed by atoms with E-state index in [1.54, 1.807) is 0 Å². The van der Waals surface area contributed by atoms with Crippen molar-refractivity contribution in [3.05, 3.63) is 0 Å². The molecule has 96 valence electrons. The maximum absolute atomic E-state index is 11.6. The molecule has 0 aromatic carbocycles. The third-order valence-corrected chi connectivity index (χ3v) is 6.04. The van der Waals surface area contributed by atoms with Crippen LogP contribution in [0.25, 0.3) is 0 Å². The van der Waals surface area contributed by atoms with Gasteiger partial charge in [0.05, 0.1) is 23.5 Å². The Morgan fingerprint density at radius 2 is 2.06 bits per heavy atom. The number of rotatable bonds is 1. The van der Waals surface area contributed by atoms with Crippen molar-refractivity contribution in [2.75, 3.05) is 18.1 Å². The second-order valence-corrected chi connectivity index (χ2v) is 7.96. The summed E-state index contributed by atoms with van der Waals surface area (Å²) in [7, 11) is -2.84. The predicted octanol–water partition coefficient (Wildman–Crippen LogP) is 1.19. The lowest BCUT2D eigenvalue weighted by molar-refractivity contribution is 0.0152. The largest absolute Gasteiger partial charge is 0.293 e. The number of nitriles is 1. The van der Waals surface area contributed by atoms with Crippen molar-refractivity contribution in [3.63, 3.8) is 0 Å². The van der Waals surface area contributed by atoms with Crippen molar-refractivity contribution in [3.8, 4) is 6.07 Å². The molecule has 4 nitrogen and oxygen atoms in total. The van der Waals surface area contributed by atoms with Crippen LogP contribution in [-0.4, -0.2) is 42.9 Å². The number of likely N-dealkylation sites (tertiary alicyclic amines) is 1. The predicted molar refractivity (Wildman–Crippen MR) is 66.2 cm³/mol. The first-order valence-corrected chi connectivity index (χ1v) is 8.06. The molecule has 2 atom stereocenters. The lowest BCUT2D eigenvalue weighted by Crippen LogP contribution is -2.57. The highest BCUT2D eigenvalue weighted by Crippen LogP contribution is 2.36. The Morgan fingerprint density at radius 3 is 2.59 bits per heavy atom. The minimum Gasteiger partial charge on any atom is -0.293 e. The summed E-state index contributed by atoms with van der Waals surface area (Å²) in [5, 5.41) is 9.19. The van der Waals surface area contributed by atoms with E-state index in [0.717, 1.165) is 25.8 Å². The summed E-state index contributed by atoms with van der Waals surface area (Å²) in [6, 6.07) is 2.49. The summed E-state index contributed by atoms with van der Waals surface area (Å²) in [6.45, 7) is 5.07. The van der Waals surface area contributed by atoms with E-state index >= 15 is 0 Å². The van der Waals surface area contributed by atoms with Gasteiger partial charge in [-0.25, -0.2) is 8.42 Å². The van der Waals surface area contributed by atoms with Crippen LogP contribution in [0, 0.1) is 17.2 Å². The molecule has 17 heavy (non-hydrogen) atoms. The van der Waals surface area contributed by atoms with Crippen LogP contribution in [-0.2, 0) is 9.84 Å². The van der Waals surface area contributed by atoms with Crippen molar-refractivity contribution in [2.45, 2.75) is 44.7 Å². The Hall–Kier alpha value is -0.600. The van der Waals surface area contributed by atoms with Crippen LogP contribution in [0.15, 0.2) is 0 Å². The number of piperidine rings is 1. The van der Waals surface area contributed by atoms with Gasteiger partial charge in [0.2, 0.25) is 0 Å². The molecule has 0 aromatic heterocycles. The van der Waals surface area contributed by atoms with Gasteiger partial charge in [-0.2, -0.15) is 5.26 Å². The topological polar surface area (TPSA) is 61.2 Å². The van der Waals surface area contributed by atoms with Crippen molar-refractivity contribution in [1.82, 2.24) is 4.90 Å². The highest BCUT2D eigenvalue weighted by atomic mass is 32.2. The molecule has 0 aliphatic carbocycles. The van der Waals surface area contributed by atoms with Crippen LogP contribution in [0.2, 0.25) is 0 Å². The molecular formula is C12H20N2O2S. The molecule has 2 aliphatic rings. The molecule has 2 saturated heterocycles. The van der Waals surface area contributed by atoms with Gasteiger partial charge in [-0.1, -0.05) is 0 Å². The second kappa shape index (κ2) is 4.25. The Bertz CT molecular complexity index is 436. The van der Waals surface area contributed by atoms with Crippen molar-refractivity contribution in [2.24, 2.45) is 5.92 Å². The molecule has 0 radical (unpaired) electrons. The highest BCUT2D eigenvalue weighted by molar-refractivity contribution is 7.91. The fraction of sp³-hybridized carbons (Fsp3) is 0.917. The van der Waals surface area contributed by atoms with Gasteiger partial charge in [0.25, 0.3) is 0 Å². The van der Waals surface area contributed by atoms with E-state index in [2.05, 4.69) is 24.8 Å². The molecule has 2 aliphatic heterocycles. The maximum Gasteiger partial charge on any atom is 0.151 e. The highest BCUT2D eigenvalue weighted by Gasteiger charge is 2.44. The van der Waals surface area contributed by atoms with E-state index < -0.39 is 9.84 Å². The van der Waals surface area contributed by atoms with Gasteiger partial charge in [-0.05, 0) is 39.7 Å². The quantitative estimate of drug-likeness (QED) is 0.707. The third kappa shape index (κ3) is 2.34. The van der Waals surface area contributed by atoms with Crippen LogP contribution >= 0.6 is 0 Å². The molecule has 2 heterocycles. The Kier molecular flexibility index (Phi) is 3.21. The zero-order valence-corrected chi connectivity index (χ0v) is 11.3. The molecule has 5 heteroatoms. The summed E-state index contributed by atoms with van der Waals surface area (Å²) >= 11 is 0. The van der Waals surface area contributed by atoms with E-state index in [-0.39, 0.29) is 23.3 Å². The van der Waals surface area contributed by atoms with Gasteiger partial charge in [0.15, 0.2) is 9.84 Å². The molecular weight excluding hydrogens is 236 g/mol. The second-order valence-electron chi connectivity index (χ2n) is 5.73. The Labute approximate surface area is 104 Å². The van der Waals surface area contributed by atoms with E-state index in [1.165, 1.54) is 0 Å². The zero-order chi connectivity index (χ0) is 12.7. The van der Waals surface area contributed by atoms with Crippen LogP contribution in [0.4, 0.5) is 0 Å². The van der Waals surface area contributed by atoms with E-state index in [1.807, 2.05) is 0 Å². The summed E-state index contributed by atoms with van der Waals surface area (Å²) in [4.78, 5) is 2.26. The summed E-state index contributed by atoms with van der Waals surface area (Å²) < 4.78 is 23.1. The third-order valence-electron chi connectivity index (χ3n) is 4.29. The lowest BCUT2D eigenvalue weighted by atomic mass is 9.79. The van der Waals surface area contributed by atoms with Crippen LogP contribution in [0.3, 0.4) is 0 Å².